The van der Waals surface area contributed by atoms with Crippen LogP contribution in [0.15, 0.2) is 22.7 Å². The number of rotatable bonds is 6. The highest BCUT2D eigenvalue weighted by molar-refractivity contribution is 9.10. The molecule has 0 bridgehead atoms. The molecule has 96 valence electrons. The van der Waals surface area contributed by atoms with Gasteiger partial charge in [0.1, 0.15) is 11.9 Å². The van der Waals surface area contributed by atoms with Crippen LogP contribution in [0.25, 0.3) is 0 Å². The Morgan fingerprint density at radius 1 is 1.41 bits per heavy atom. The minimum absolute atomic E-state index is 0.0997. The first-order valence-corrected chi connectivity index (χ1v) is 7.05. The molecule has 2 unspecified atom stereocenters. The van der Waals surface area contributed by atoms with Crippen LogP contribution in [0, 0.1) is 0 Å². The molecule has 0 aliphatic rings. The molecule has 17 heavy (non-hydrogen) atoms. The van der Waals surface area contributed by atoms with E-state index in [4.69, 9.17) is 16.3 Å². The molecule has 0 saturated heterocycles. The molecular weight excluding hydrogens is 302 g/mol. The molecular formula is C13H19BrClNO. The van der Waals surface area contributed by atoms with Crippen molar-refractivity contribution in [3.8, 4) is 5.75 Å². The lowest BCUT2D eigenvalue weighted by atomic mass is 10.2. The molecule has 1 rings (SSSR count). The molecule has 0 aliphatic carbocycles. The third-order valence-electron chi connectivity index (χ3n) is 2.59. The van der Waals surface area contributed by atoms with Crippen LogP contribution in [-0.2, 0) is 0 Å². The van der Waals surface area contributed by atoms with E-state index in [2.05, 4.69) is 35.1 Å². The average molecular weight is 321 g/mol. The van der Waals surface area contributed by atoms with Crippen molar-refractivity contribution in [2.45, 2.75) is 39.3 Å². The Hall–Kier alpha value is -0.250. The van der Waals surface area contributed by atoms with Crippen molar-refractivity contribution in [2.75, 3.05) is 6.54 Å². The maximum Gasteiger partial charge on any atom is 0.138 e. The van der Waals surface area contributed by atoms with Crippen molar-refractivity contribution < 1.29 is 4.74 Å². The second-order valence-corrected chi connectivity index (χ2v) is 5.54. The largest absolute Gasteiger partial charge is 0.488 e. The Morgan fingerprint density at radius 3 is 2.71 bits per heavy atom. The highest BCUT2D eigenvalue weighted by Gasteiger charge is 2.08. The molecule has 4 heteroatoms. The van der Waals surface area contributed by atoms with Gasteiger partial charge in [-0.05, 0) is 38.5 Å². The first-order valence-electron chi connectivity index (χ1n) is 5.88. The summed E-state index contributed by atoms with van der Waals surface area (Å²) in [5.41, 5.74) is 0. The van der Waals surface area contributed by atoms with E-state index >= 15 is 0 Å². The van der Waals surface area contributed by atoms with Gasteiger partial charge >= 0.3 is 0 Å². The van der Waals surface area contributed by atoms with E-state index in [9.17, 15) is 0 Å². The van der Waals surface area contributed by atoms with Crippen molar-refractivity contribution in [1.29, 1.82) is 0 Å². The first kappa shape index (κ1) is 14.8. The molecule has 2 nitrogen and oxygen atoms in total. The van der Waals surface area contributed by atoms with Crippen LogP contribution < -0.4 is 10.1 Å². The van der Waals surface area contributed by atoms with E-state index in [0.717, 1.165) is 23.2 Å². The van der Waals surface area contributed by atoms with Gasteiger partial charge in [-0.1, -0.05) is 34.5 Å². The lowest BCUT2D eigenvalue weighted by Crippen LogP contribution is -2.34. The van der Waals surface area contributed by atoms with Gasteiger partial charge in [-0.3, -0.25) is 0 Å². The van der Waals surface area contributed by atoms with Crippen molar-refractivity contribution in [3.05, 3.63) is 27.7 Å². The standard InChI is InChI=1S/C13H19BrClNO/c1-4-9(2)16-8-10(3)17-13-6-5-11(14)7-12(13)15/h5-7,9-10,16H,4,8H2,1-3H3. The van der Waals surface area contributed by atoms with E-state index in [1.165, 1.54) is 0 Å². The summed E-state index contributed by atoms with van der Waals surface area (Å²) in [6, 6.07) is 6.16. The summed E-state index contributed by atoms with van der Waals surface area (Å²) in [6.45, 7) is 7.18. The van der Waals surface area contributed by atoms with Crippen LogP contribution in [-0.4, -0.2) is 18.7 Å². The van der Waals surface area contributed by atoms with Gasteiger partial charge in [0.2, 0.25) is 0 Å². The molecule has 0 spiro atoms. The van der Waals surface area contributed by atoms with Gasteiger partial charge < -0.3 is 10.1 Å². The zero-order valence-corrected chi connectivity index (χ0v) is 12.8. The van der Waals surface area contributed by atoms with E-state index in [-0.39, 0.29) is 6.10 Å². The number of benzene rings is 1. The van der Waals surface area contributed by atoms with Crippen molar-refractivity contribution in [1.82, 2.24) is 5.32 Å². The zero-order chi connectivity index (χ0) is 12.8. The first-order chi connectivity index (χ1) is 8.02. The van der Waals surface area contributed by atoms with Crippen LogP contribution in [0.3, 0.4) is 0 Å². The van der Waals surface area contributed by atoms with E-state index in [0.29, 0.717) is 11.1 Å². The fraction of sp³-hybridized carbons (Fsp3) is 0.538. The molecule has 0 fully saturated rings. The fourth-order valence-electron chi connectivity index (χ4n) is 1.34. The quantitative estimate of drug-likeness (QED) is 0.845. The van der Waals surface area contributed by atoms with Crippen LogP contribution in [0.1, 0.15) is 27.2 Å². The third-order valence-corrected chi connectivity index (χ3v) is 3.38. The number of ether oxygens (including phenoxy) is 1. The highest BCUT2D eigenvalue weighted by Crippen LogP contribution is 2.28. The van der Waals surface area contributed by atoms with Gasteiger partial charge in [0.25, 0.3) is 0 Å². The topological polar surface area (TPSA) is 21.3 Å². The number of hydrogen-bond donors (Lipinski definition) is 1. The molecule has 0 amide bonds. The molecule has 0 aromatic heterocycles. The molecule has 0 aliphatic heterocycles. The van der Waals surface area contributed by atoms with Gasteiger partial charge in [-0.15, -0.1) is 0 Å². The van der Waals surface area contributed by atoms with Crippen molar-refractivity contribution in [3.63, 3.8) is 0 Å². The summed E-state index contributed by atoms with van der Waals surface area (Å²) in [4.78, 5) is 0. The summed E-state index contributed by atoms with van der Waals surface area (Å²) >= 11 is 9.46. The number of hydrogen-bond acceptors (Lipinski definition) is 2. The van der Waals surface area contributed by atoms with Gasteiger partial charge in [0.05, 0.1) is 5.02 Å². The maximum absolute atomic E-state index is 6.09. The normalized spacial score (nSPS) is 14.4. The van der Waals surface area contributed by atoms with Crippen LogP contribution >= 0.6 is 27.5 Å². The molecule has 0 radical (unpaired) electrons. The molecule has 1 aromatic rings. The fourth-order valence-corrected chi connectivity index (χ4v) is 2.06. The van der Waals surface area contributed by atoms with Crippen molar-refractivity contribution >= 4 is 27.5 Å². The minimum atomic E-state index is 0.0997. The Morgan fingerprint density at radius 2 is 2.12 bits per heavy atom. The smallest absolute Gasteiger partial charge is 0.138 e. The van der Waals surface area contributed by atoms with E-state index < -0.39 is 0 Å². The second-order valence-electron chi connectivity index (χ2n) is 4.22. The Balaban J connectivity index is 2.47. The van der Waals surface area contributed by atoms with Crippen LogP contribution in [0.5, 0.6) is 5.75 Å². The second kappa shape index (κ2) is 7.24. The summed E-state index contributed by atoms with van der Waals surface area (Å²) in [7, 11) is 0. The molecule has 1 N–H and O–H groups in total. The van der Waals surface area contributed by atoms with Crippen LogP contribution in [0.4, 0.5) is 0 Å². The monoisotopic (exact) mass is 319 g/mol. The van der Waals surface area contributed by atoms with Crippen molar-refractivity contribution in [2.24, 2.45) is 0 Å². The Bertz CT molecular complexity index is 359. The summed E-state index contributed by atoms with van der Waals surface area (Å²) in [5.74, 6) is 0.730. The molecule has 0 heterocycles. The highest BCUT2D eigenvalue weighted by atomic mass is 79.9. The van der Waals surface area contributed by atoms with E-state index in [1.54, 1.807) is 0 Å². The maximum atomic E-state index is 6.09. The lowest BCUT2D eigenvalue weighted by molar-refractivity contribution is 0.212. The lowest BCUT2D eigenvalue weighted by Gasteiger charge is -2.19. The third kappa shape index (κ3) is 5.28. The summed E-state index contributed by atoms with van der Waals surface area (Å²) in [6.07, 6.45) is 1.22. The number of halogens is 2. The predicted octanol–water partition coefficient (Wildman–Crippen LogP) is 4.26. The average Bonchev–Trinajstić information content (AvgIpc) is 2.29. The van der Waals surface area contributed by atoms with Crippen LogP contribution in [0.2, 0.25) is 5.02 Å². The Labute approximate surface area is 117 Å². The molecule has 2 atom stereocenters. The van der Waals surface area contributed by atoms with Gasteiger partial charge in [-0.25, -0.2) is 0 Å². The van der Waals surface area contributed by atoms with Gasteiger partial charge in [0.15, 0.2) is 0 Å². The minimum Gasteiger partial charge on any atom is -0.488 e. The predicted molar refractivity (Wildman–Crippen MR) is 77.0 cm³/mol. The Kier molecular flexibility index (Phi) is 6.31. The zero-order valence-electron chi connectivity index (χ0n) is 10.5. The molecule has 0 saturated carbocycles. The number of nitrogens with one attached hydrogen (secondary N) is 1. The van der Waals surface area contributed by atoms with E-state index in [1.807, 2.05) is 25.1 Å². The summed E-state index contributed by atoms with van der Waals surface area (Å²) < 4.78 is 6.74. The SMILES string of the molecule is CCC(C)NCC(C)Oc1ccc(Br)cc1Cl. The molecule has 1 aromatic carbocycles. The van der Waals surface area contributed by atoms with Gasteiger partial charge in [0, 0.05) is 17.1 Å². The van der Waals surface area contributed by atoms with Gasteiger partial charge in [-0.2, -0.15) is 0 Å². The summed E-state index contributed by atoms with van der Waals surface area (Å²) in [5, 5.41) is 4.04.